The SMILES string of the molecule is Cc1c(O)c(SOOO)c(O)c(S(=O)(=O)O)c1O. The number of hydrogen-bond acceptors (Lipinski definition) is 9. The van der Waals surface area contributed by atoms with Crippen molar-refractivity contribution in [2.24, 2.45) is 0 Å². The summed E-state index contributed by atoms with van der Waals surface area (Å²) in [6.07, 6.45) is 0. The smallest absolute Gasteiger partial charge is 0.302 e. The van der Waals surface area contributed by atoms with E-state index >= 15 is 0 Å². The number of benzene rings is 1. The van der Waals surface area contributed by atoms with Crippen molar-refractivity contribution in [3.8, 4) is 17.2 Å². The molecule has 0 saturated carbocycles. The first-order valence-electron chi connectivity index (χ1n) is 4.11. The van der Waals surface area contributed by atoms with Gasteiger partial charge in [0, 0.05) is 5.56 Å². The third-order valence-electron chi connectivity index (χ3n) is 1.98. The molecule has 1 rings (SSSR count). The summed E-state index contributed by atoms with van der Waals surface area (Å²) in [6.45, 7) is 1.13. The Morgan fingerprint density at radius 2 is 1.67 bits per heavy atom. The van der Waals surface area contributed by atoms with Crippen molar-refractivity contribution in [3.05, 3.63) is 5.56 Å². The van der Waals surface area contributed by atoms with E-state index in [0.29, 0.717) is 0 Å². The van der Waals surface area contributed by atoms with E-state index in [9.17, 15) is 23.7 Å². The molecule has 1 aromatic carbocycles. The Labute approximate surface area is 105 Å². The van der Waals surface area contributed by atoms with Crippen LogP contribution in [0.3, 0.4) is 0 Å². The Morgan fingerprint density at radius 3 is 2.11 bits per heavy atom. The van der Waals surface area contributed by atoms with Crippen LogP contribution in [0.2, 0.25) is 0 Å². The molecule has 0 heterocycles. The topological polar surface area (TPSA) is 154 Å². The van der Waals surface area contributed by atoms with Crippen LogP contribution in [0.1, 0.15) is 5.56 Å². The van der Waals surface area contributed by atoms with E-state index < -0.39 is 37.2 Å². The molecule has 0 fully saturated rings. The van der Waals surface area contributed by atoms with Gasteiger partial charge in [0.2, 0.25) is 0 Å². The maximum Gasteiger partial charge on any atom is 0.302 e. The fraction of sp³-hybridized carbons (Fsp3) is 0.143. The highest BCUT2D eigenvalue weighted by atomic mass is 32.2. The molecular weight excluding hydrogens is 292 g/mol. The summed E-state index contributed by atoms with van der Waals surface area (Å²) < 4.78 is 34.8. The second-order valence-corrected chi connectivity index (χ2v) is 5.10. The minimum absolute atomic E-state index is 0.0679. The van der Waals surface area contributed by atoms with Gasteiger partial charge in [-0.1, -0.05) is 5.04 Å². The fourth-order valence-electron chi connectivity index (χ4n) is 1.15. The predicted molar refractivity (Wildman–Crippen MR) is 56.6 cm³/mol. The number of rotatable bonds is 4. The fourth-order valence-corrected chi connectivity index (χ4v) is 2.47. The van der Waals surface area contributed by atoms with Crippen LogP contribution in [-0.4, -0.2) is 33.5 Å². The van der Waals surface area contributed by atoms with Gasteiger partial charge >= 0.3 is 10.1 Å². The van der Waals surface area contributed by atoms with Crippen LogP contribution in [0, 0.1) is 6.92 Å². The van der Waals surface area contributed by atoms with Crippen LogP contribution in [0.25, 0.3) is 0 Å². The second-order valence-electron chi connectivity index (χ2n) is 3.03. The highest BCUT2D eigenvalue weighted by Gasteiger charge is 2.29. The third-order valence-corrected chi connectivity index (χ3v) is 3.56. The molecule has 0 amide bonds. The summed E-state index contributed by atoms with van der Waals surface area (Å²) in [5.41, 5.74) is -0.329. The van der Waals surface area contributed by atoms with Crippen molar-refractivity contribution in [2.45, 2.75) is 16.7 Å². The lowest BCUT2D eigenvalue weighted by Crippen LogP contribution is -2.01. The van der Waals surface area contributed by atoms with Crippen molar-refractivity contribution in [3.63, 3.8) is 0 Å². The lowest BCUT2D eigenvalue weighted by molar-refractivity contribution is -0.432. The highest BCUT2D eigenvalue weighted by molar-refractivity contribution is 7.94. The van der Waals surface area contributed by atoms with Crippen LogP contribution in [-0.2, 0) is 19.5 Å². The number of hydrogen-bond donors (Lipinski definition) is 5. The Kier molecular flexibility index (Phi) is 4.26. The maximum absolute atomic E-state index is 11.0. The first kappa shape index (κ1) is 14.8. The van der Waals surface area contributed by atoms with Crippen molar-refractivity contribution in [1.29, 1.82) is 0 Å². The molecule has 18 heavy (non-hydrogen) atoms. The van der Waals surface area contributed by atoms with Gasteiger partial charge in [-0.2, -0.15) is 8.42 Å². The van der Waals surface area contributed by atoms with E-state index in [1.54, 1.807) is 0 Å². The number of phenolic OH excluding ortho intramolecular Hbond substituents is 3. The van der Waals surface area contributed by atoms with Gasteiger partial charge in [-0.25, -0.2) is 5.26 Å². The van der Waals surface area contributed by atoms with E-state index in [4.69, 9.17) is 9.81 Å². The van der Waals surface area contributed by atoms with Crippen LogP contribution >= 0.6 is 12.0 Å². The zero-order chi connectivity index (χ0) is 14.1. The van der Waals surface area contributed by atoms with Gasteiger partial charge in [0.05, 0.1) is 12.0 Å². The average molecular weight is 300 g/mol. The predicted octanol–water partition coefficient (Wildman–Crippen LogP) is 0.787. The summed E-state index contributed by atoms with van der Waals surface area (Å²) in [7, 11) is -4.93. The van der Waals surface area contributed by atoms with Gasteiger partial charge in [0.15, 0.2) is 10.6 Å². The molecule has 0 radical (unpaired) electrons. The van der Waals surface area contributed by atoms with Gasteiger partial charge in [0.1, 0.15) is 16.4 Å². The molecule has 0 spiro atoms. The number of phenols is 3. The highest BCUT2D eigenvalue weighted by Crippen LogP contribution is 2.48. The minimum atomic E-state index is -4.93. The molecule has 0 aliphatic heterocycles. The molecule has 0 atom stereocenters. The normalized spacial score (nSPS) is 11.7. The summed E-state index contributed by atoms with van der Waals surface area (Å²) in [4.78, 5) is -1.77. The largest absolute Gasteiger partial charge is 0.506 e. The quantitative estimate of drug-likeness (QED) is 0.233. The minimum Gasteiger partial charge on any atom is -0.506 e. The first-order valence-corrected chi connectivity index (χ1v) is 6.29. The summed E-state index contributed by atoms with van der Waals surface area (Å²) >= 11 is 0.0679. The number of aromatic hydroxyl groups is 3. The standard InChI is InChI=1S/C7H8O9S2/c1-2-3(8)6(17-16-15-11)5(10)7(4(2)9)18(12,13)14/h8-11H,1H3,(H,12,13,14). The van der Waals surface area contributed by atoms with Crippen molar-refractivity contribution in [1.82, 2.24) is 0 Å². The molecule has 0 aliphatic rings. The van der Waals surface area contributed by atoms with Crippen LogP contribution in [0.15, 0.2) is 9.79 Å². The van der Waals surface area contributed by atoms with E-state index in [0.717, 1.165) is 6.92 Å². The molecule has 0 saturated heterocycles. The van der Waals surface area contributed by atoms with Gasteiger partial charge in [-0.15, -0.1) is 4.33 Å². The van der Waals surface area contributed by atoms with Crippen molar-refractivity contribution < 1.29 is 42.9 Å². The van der Waals surface area contributed by atoms with Gasteiger partial charge < -0.3 is 15.3 Å². The molecular formula is C7H8O9S2. The molecule has 11 heteroatoms. The van der Waals surface area contributed by atoms with Gasteiger partial charge in [0.25, 0.3) is 0 Å². The Hall–Kier alpha value is -1.24. The summed E-state index contributed by atoms with van der Waals surface area (Å²) in [5, 5.41) is 39.7. The Bertz CT molecular complexity index is 565. The maximum atomic E-state index is 11.0. The lowest BCUT2D eigenvalue weighted by Gasteiger charge is -2.13. The summed E-state index contributed by atoms with van der Waals surface area (Å²) in [6, 6.07) is 0. The molecule has 0 unspecified atom stereocenters. The zero-order valence-corrected chi connectivity index (χ0v) is 10.3. The third kappa shape index (κ3) is 2.60. The monoisotopic (exact) mass is 300 g/mol. The molecule has 0 aliphatic carbocycles. The Balaban J connectivity index is 3.60. The van der Waals surface area contributed by atoms with E-state index in [1.807, 2.05) is 0 Å². The molecule has 0 bridgehead atoms. The van der Waals surface area contributed by atoms with Crippen LogP contribution in [0.4, 0.5) is 0 Å². The first-order chi connectivity index (χ1) is 8.21. The molecule has 0 aromatic heterocycles. The molecule has 5 N–H and O–H groups in total. The van der Waals surface area contributed by atoms with Crippen LogP contribution < -0.4 is 0 Å². The molecule has 102 valence electrons. The Morgan fingerprint density at radius 1 is 1.11 bits per heavy atom. The van der Waals surface area contributed by atoms with Gasteiger partial charge in [-0.05, 0) is 6.92 Å². The molecule has 1 aromatic rings. The van der Waals surface area contributed by atoms with Crippen LogP contribution in [0.5, 0.6) is 17.2 Å². The van der Waals surface area contributed by atoms with Crippen molar-refractivity contribution in [2.75, 3.05) is 0 Å². The van der Waals surface area contributed by atoms with Gasteiger partial charge in [-0.3, -0.25) is 4.55 Å². The molecule has 9 nitrogen and oxygen atoms in total. The van der Waals surface area contributed by atoms with E-state index in [2.05, 4.69) is 9.37 Å². The van der Waals surface area contributed by atoms with E-state index in [1.165, 1.54) is 0 Å². The average Bonchev–Trinajstić information content (AvgIpc) is 2.24. The second kappa shape index (κ2) is 5.17. The van der Waals surface area contributed by atoms with Crippen molar-refractivity contribution >= 4 is 22.2 Å². The van der Waals surface area contributed by atoms with E-state index in [-0.39, 0.29) is 17.6 Å². The lowest BCUT2D eigenvalue weighted by atomic mass is 10.2. The zero-order valence-electron chi connectivity index (χ0n) is 8.69. The summed E-state index contributed by atoms with van der Waals surface area (Å²) in [5.74, 6) is -2.87.